The molecule has 0 spiro atoms. The molecule has 6 nitrogen and oxygen atoms in total. The third-order valence-electron chi connectivity index (χ3n) is 12.2. The molecule has 72 heavy (non-hydrogen) atoms. The number of unbranched alkanes of at least 4 members (excludes halogenated alkanes) is 21. The van der Waals surface area contributed by atoms with Crippen LogP contribution in [0.1, 0.15) is 258 Å². The lowest BCUT2D eigenvalue weighted by molar-refractivity contribution is -0.167. The van der Waals surface area contributed by atoms with Crippen LogP contribution in [0.25, 0.3) is 0 Å². The van der Waals surface area contributed by atoms with E-state index in [1.807, 2.05) is 0 Å². The molecular weight excluding hydrogens is 889 g/mol. The molecule has 0 aliphatic rings. The van der Waals surface area contributed by atoms with Crippen LogP contribution in [0.3, 0.4) is 0 Å². The first-order valence-electron chi connectivity index (χ1n) is 29.5. The Bertz CT molecular complexity index is 1520. The number of hydrogen-bond donors (Lipinski definition) is 0. The van der Waals surface area contributed by atoms with Gasteiger partial charge in [0, 0.05) is 19.3 Å². The standard InChI is InChI=1S/C66H108O6/c1-4-7-10-13-16-18-20-22-24-25-26-27-28-29-30-31-32-33-34-35-36-37-38-39-40-41-43-44-46-48-50-53-56-59-65(68)71-62-63(61-70-64(67)58-55-52-15-12-9-6-3)72-66(69)60-57-54-51-49-47-45-42-23-21-19-17-14-11-8-5-2/h7-8,10-11,16-19,22-24,26-27,29-30,32-33,35-36,42,63H,4-6,9,12-15,20-21,25,28,31,34,37-41,43-62H2,1-3H3/b10-7-,11-8-,18-16-,19-17-,24-22-,27-26-,30-29-,33-32-,36-35-,42-23-. The van der Waals surface area contributed by atoms with Crippen LogP contribution in [-0.4, -0.2) is 37.2 Å². The van der Waals surface area contributed by atoms with E-state index in [9.17, 15) is 14.4 Å². The Kier molecular flexibility index (Phi) is 55.9. The van der Waals surface area contributed by atoms with Gasteiger partial charge in [0.25, 0.3) is 0 Å². The van der Waals surface area contributed by atoms with Gasteiger partial charge < -0.3 is 14.2 Å². The van der Waals surface area contributed by atoms with Gasteiger partial charge in [0.15, 0.2) is 6.10 Å². The van der Waals surface area contributed by atoms with E-state index in [1.54, 1.807) is 0 Å². The molecule has 0 aliphatic carbocycles. The molecule has 0 radical (unpaired) electrons. The number of allylic oxidation sites excluding steroid dienone is 20. The number of carbonyl (C=O) groups is 3. The number of rotatable bonds is 52. The Labute approximate surface area is 443 Å². The fraction of sp³-hybridized carbons (Fsp3) is 0.652. The molecule has 0 aromatic carbocycles. The van der Waals surface area contributed by atoms with Crippen LogP contribution in [0.2, 0.25) is 0 Å². The maximum atomic E-state index is 12.8. The normalized spacial score (nSPS) is 13.0. The summed E-state index contributed by atoms with van der Waals surface area (Å²) >= 11 is 0. The topological polar surface area (TPSA) is 78.9 Å². The predicted molar refractivity (Wildman–Crippen MR) is 311 cm³/mol. The van der Waals surface area contributed by atoms with Crippen molar-refractivity contribution in [1.82, 2.24) is 0 Å². The number of hydrogen-bond acceptors (Lipinski definition) is 6. The van der Waals surface area contributed by atoms with Crippen LogP contribution < -0.4 is 0 Å². The van der Waals surface area contributed by atoms with Gasteiger partial charge in [-0.25, -0.2) is 0 Å². The van der Waals surface area contributed by atoms with Gasteiger partial charge in [0.1, 0.15) is 13.2 Å². The third-order valence-corrected chi connectivity index (χ3v) is 12.2. The molecule has 0 heterocycles. The minimum Gasteiger partial charge on any atom is -0.462 e. The molecule has 1 unspecified atom stereocenters. The molecule has 0 bridgehead atoms. The summed E-state index contributed by atoms with van der Waals surface area (Å²) in [6.07, 6.45) is 82.3. The molecular formula is C66H108O6. The fourth-order valence-corrected chi connectivity index (χ4v) is 7.85. The highest BCUT2D eigenvalue weighted by Gasteiger charge is 2.19. The predicted octanol–water partition coefficient (Wildman–Crippen LogP) is 20.0. The summed E-state index contributed by atoms with van der Waals surface area (Å²) in [4.78, 5) is 37.9. The highest BCUT2D eigenvalue weighted by molar-refractivity contribution is 5.71. The second-order valence-corrected chi connectivity index (χ2v) is 19.1. The molecule has 0 saturated heterocycles. The molecule has 0 N–H and O–H groups in total. The van der Waals surface area contributed by atoms with Gasteiger partial charge in [-0.3, -0.25) is 14.4 Å². The van der Waals surface area contributed by atoms with Gasteiger partial charge in [-0.2, -0.15) is 0 Å². The lowest BCUT2D eigenvalue weighted by Crippen LogP contribution is -2.30. The SMILES string of the molecule is CC/C=C\C/C=C\C/C=C\C/C=C\C/C=C\C/C=C\C/C=C\CCCCCCCCCCCCCC(=O)OCC(COC(=O)CCCCCCCC)OC(=O)CCCCCCC/C=C\C/C=C\C/C=C\CC. The van der Waals surface area contributed by atoms with Crippen molar-refractivity contribution in [2.24, 2.45) is 0 Å². The molecule has 1 atom stereocenters. The van der Waals surface area contributed by atoms with E-state index >= 15 is 0 Å². The van der Waals surface area contributed by atoms with Crippen molar-refractivity contribution in [3.8, 4) is 0 Å². The second-order valence-electron chi connectivity index (χ2n) is 19.1. The van der Waals surface area contributed by atoms with Crippen molar-refractivity contribution in [1.29, 1.82) is 0 Å². The Morgan fingerprint density at radius 3 is 0.847 bits per heavy atom. The van der Waals surface area contributed by atoms with Crippen molar-refractivity contribution in [2.75, 3.05) is 13.2 Å². The molecule has 0 aliphatic heterocycles. The molecule has 408 valence electrons. The van der Waals surface area contributed by atoms with E-state index in [0.717, 1.165) is 141 Å². The Balaban J connectivity index is 4.08. The summed E-state index contributed by atoms with van der Waals surface area (Å²) in [5.74, 6) is -0.918. The Morgan fingerprint density at radius 1 is 0.292 bits per heavy atom. The summed E-state index contributed by atoms with van der Waals surface area (Å²) in [6, 6.07) is 0. The zero-order valence-corrected chi connectivity index (χ0v) is 46.7. The van der Waals surface area contributed by atoms with Crippen LogP contribution in [0.4, 0.5) is 0 Å². The van der Waals surface area contributed by atoms with Crippen LogP contribution in [0.15, 0.2) is 122 Å². The van der Waals surface area contributed by atoms with Crippen molar-refractivity contribution >= 4 is 17.9 Å². The van der Waals surface area contributed by atoms with Crippen molar-refractivity contribution in [3.05, 3.63) is 122 Å². The van der Waals surface area contributed by atoms with Crippen molar-refractivity contribution in [3.63, 3.8) is 0 Å². The quantitative estimate of drug-likeness (QED) is 0.0261. The van der Waals surface area contributed by atoms with Gasteiger partial charge in [0.2, 0.25) is 0 Å². The highest BCUT2D eigenvalue weighted by Crippen LogP contribution is 2.15. The maximum Gasteiger partial charge on any atom is 0.306 e. The zero-order chi connectivity index (χ0) is 52.2. The minimum atomic E-state index is -0.786. The molecule has 0 aromatic heterocycles. The average molecular weight is 998 g/mol. The van der Waals surface area contributed by atoms with E-state index in [1.165, 1.54) is 77.0 Å². The number of esters is 3. The Morgan fingerprint density at radius 2 is 0.542 bits per heavy atom. The van der Waals surface area contributed by atoms with Crippen LogP contribution >= 0.6 is 0 Å². The maximum absolute atomic E-state index is 12.8. The van der Waals surface area contributed by atoms with Gasteiger partial charge in [-0.05, 0) is 109 Å². The molecule has 0 saturated carbocycles. The molecule has 0 aromatic rings. The lowest BCUT2D eigenvalue weighted by Gasteiger charge is -2.18. The average Bonchev–Trinajstić information content (AvgIpc) is 3.38. The monoisotopic (exact) mass is 997 g/mol. The van der Waals surface area contributed by atoms with E-state index in [-0.39, 0.29) is 31.1 Å². The molecule has 0 rings (SSSR count). The summed E-state index contributed by atoms with van der Waals surface area (Å²) in [6.45, 7) is 6.33. The summed E-state index contributed by atoms with van der Waals surface area (Å²) in [5, 5.41) is 0. The molecule has 0 fully saturated rings. The first-order chi connectivity index (χ1) is 35.5. The molecule has 0 amide bonds. The zero-order valence-electron chi connectivity index (χ0n) is 46.7. The Hall–Kier alpha value is -4.19. The van der Waals surface area contributed by atoms with Gasteiger partial charge >= 0.3 is 17.9 Å². The van der Waals surface area contributed by atoms with Crippen LogP contribution in [-0.2, 0) is 28.6 Å². The highest BCUT2D eigenvalue weighted by atomic mass is 16.6. The van der Waals surface area contributed by atoms with Crippen molar-refractivity contribution in [2.45, 2.75) is 264 Å². The van der Waals surface area contributed by atoms with Gasteiger partial charge in [0.05, 0.1) is 0 Å². The van der Waals surface area contributed by atoms with E-state index in [0.29, 0.717) is 19.3 Å². The van der Waals surface area contributed by atoms with Crippen molar-refractivity contribution < 1.29 is 28.6 Å². The number of carbonyl (C=O) groups excluding carboxylic acids is 3. The van der Waals surface area contributed by atoms with Gasteiger partial charge in [-0.1, -0.05) is 251 Å². The van der Waals surface area contributed by atoms with Crippen LogP contribution in [0, 0.1) is 0 Å². The van der Waals surface area contributed by atoms with E-state index < -0.39 is 6.10 Å². The first kappa shape index (κ1) is 67.8. The smallest absolute Gasteiger partial charge is 0.306 e. The van der Waals surface area contributed by atoms with Gasteiger partial charge in [-0.15, -0.1) is 0 Å². The first-order valence-corrected chi connectivity index (χ1v) is 29.5. The summed E-state index contributed by atoms with van der Waals surface area (Å²) in [7, 11) is 0. The number of ether oxygens (including phenoxy) is 3. The van der Waals surface area contributed by atoms with E-state index in [4.69, 9.17) is 14.2 Å². The third kappa shape index (κ3) is 56.7. The largest absolute Gasteiger partial charge is 0.462 e. The lowest BCUT2D eigenvalue weighted by atomic mass is 10.0. The molecule has 6 heteroatoms. The van der Waals surface area contributed by atoms with Crippen LogP contribution in [0.5, 0.6) is 0 Å². The summed E-state index contributed by atoms with van der Waals surface area (Å²) in [5.41, 5.74) is 0. The van der Waals surface area contributed by atoms with E-state index in [2.05, 4.69) is 142 Å². The fourth-order valence-electron chi connectivity index (χ4n) is 7.85. The summed E-state index contributed by atoms with van der Waals surface area (Å²) < 4.78 is 16.7. The minimum absolute atomic E-state index is 0.0867. The second kappa shape index (κ2) is 59.4.